The molecule has 4 nitrogen and oxygen atoms in total. The fourth-order valence-corrected chi connectivity index (χ4v) is 20.6. The van der Waals surface area contributed by atoms with Gasteiger partial charge in [0.05, 0.1) is 0 Å². The minimum atomic E-state index is -3.80. The number of hydrogen-bond acceptors (Lipinski definition) is 3. The van der Waals surface area contributed by atoms with Gasteiger partial charge in [0.15, 0.2) is 0 Å². The SMILES string of the molecule is c1ccc(-c2nc(-c3ccccc3-n3c4ccccc4c4c5oc6ccccc6c5ccc43)[c]3c(n2)-c2cccc[c]2[Ge]3([c]2ccccc2)[c]2ccccc2)cc1. The van der Waals surface area contributed by atoms with E-state index >= 15 is 0 Å². The summed E-state index contributed by atoms with van der Waals surface area (Å²) in [5.74, 6) is 0.722. The molecule has 266 valence electrons. The van der Waals surface area contributed by atoms with Crippen LogP contribution >= 0.6 is 0 Å². The van der Waals surface area contributed by atoms with Gasteiger partial charge in [-0.05, 0) is 0 Å². The van der Waals surface area contributed by atoms with Gasteiger partial charge in [-0.15, -0.1) is 0 Å². The van der Waals surface area contributed by atoms with Crippen molar-refractivity contribution in [2.24, 2.45) is 0 Å². The Hall–Kier alpha value is -7.02. The first-order valence-corrected chi connectivity index (χ1v) is 23.6. The number of rotatable bonds is 5. The summed E-state index contributed by atoms with van der Waals surface area (Å²) >= 11 is -3.80. The van der Waals surface area contributed by atoms with Crippen LogP contribution in [0.1, 0.15) is 0 Å². The van der Waals surface area contributed by atoms with Gasteiger partial charge in [0.2, 0.25) is 0 Å². The molecule has 0 amide bonds. The summed E-state index contributed by atoms with van der Waals surface area (Å²) in [4.78, 5) is 11.3. The van der Waals surface area contributed by atoms with Crippen LogP contribution in [0.5, 0.6) is 0 Å². The van der Waals surface area contributed by atoms with Crippen molar-refractivity contribution in [3.63, 3.8) is 0 Å². The van der Waals surface area contributed by atoms with Crippen LogP contribution in [0.4, 0.5) is 0 Å². The van der Waals surface area contributed by atoms with Gasteiger partial charge in [-0.2, -0.15) is 0 Å². The van der Waals surface area contributed by atoms with Crippen LogP contribution in [0.15, 0.2) is 205 Å². The first-order chi connectivity index (χ1) is 28.3. The minimum absolute atomic E-state index is 0.722. The number of aromatic nitrogens is 3. The molecule has 0 aliphatic carbocycles. The second-order valence-electron chi connectivity index (χ2n) is 14.8. The fraction of sp³-hybridized carbons (Fsp3) is 0. The molecule has 4 heterocycles. The molecular weight excluding hydrogens is 755 g/mol. The summed E-state index contributed by atoms with van der Waals surface area (Å²) in [6.45, 7) is 0. The van der Waals surface area contributed by atoms with Gasteiger partial charge in [0, 0.05) is 0 Å². The maximum absolute atomic E-state index is 6.70. The average Bonchev–Trinajstić information content (AvgIpc) is 3.94. The Morgan fingerprint density at radius 3 is 1.77 bits per heavy atom. The standard InChI is InChI=1S/C52H33GeN3O/c1-4-18-34(19-5-1)52-54-49-39-25-10-14-28-42(39)53(35-20-6-2-7-21-35,36-22-8-3-9-23-36)48(49)50(55-52)41-27-12-16-30-44(41)56-43-29-15-11-26-40(43)47-45(56)33-32-38-37-24-13-17-31-46(37)57-51(38)47/h1-33H. The van der Waals surface area contributed by atoms with Gasteiger partial charge in [-0.3, -0.25) is 0 Å². The van der Waals surface area contributed by atoms with Gasteiger partial charge in [0.25, 0.3) is 0 Å². The number of benzene rings is 8. The van der Waals surface area contributed by atoms with Crippen molar-refractivity contribution < 1.29 is 4.42 Å². The van der Waals surface area contributed by atoms with E-state index in [1.807, 2.05) is 6.07 Å². The molecule has 5 heteroatoms. The number of furan rings is 1. The summed E-state index contributed by atoms with van der Waals surface area (Å²) in [5, 5.41) is 4.51. The van der Waals surface area contributed by atoms with Crippen LogP contribution in [0.3, 0.4) is 0 Å². The second kappa shape index (κ2) is 12.5. The third-order valence-corrected chi connectivity index (χ3v) is 22.1. The molecule has 0 saturated carbocycles. The predicted octanol–water partition coefficient (Wildman–Crippen LogP) is 10.2. The van der Waals surface area contributed by atoms with Crippen molar-refractivity contribution in [1.82, 2.24) is 14.5 Å². The van der Waals surface area contributed by atoms with Crippen molar-refractivity contribution >= 4 is 74.6 Å². The molecule has 57 heavy (non-hydrogen) atoms. The zero-order valence-electron chi connectivity index (χ0n) is 30.8. The van der Waals surface area contributed by atoms with Crippen LogP contribution in [-0.2, 0) is 0 Å². The van der Waals surface area contributed by atoms with Crippen molar-refractivity contribution in [3.8, 4) is 39.6 Å². The molecule has 1 aliphatic rings. The molecule has 1 aliphatic heterocycles. The summed E-state index contributed by atoms with van der Waals surface area (Å²) in [6, 6.07) is 72.1. The van der Waals surface area contributed by atoms with E-state index in [9.17, 15) is 0 Å². The molecule has 0 saturated heterocycles. The Labute approximate surface area is 331 Å². The molecule has 0 bridgehead atoms. The Morgan fingerprint density at radius 2 is 1.02 bits per heavy atom. The molecule has 0 fully saturated rings. The van der Waals surface area contributed by atoms with Crippen LogP contribution in [0, 0.1) is 0 Å². The first kappa shape index (κ1) is 32.2. The Bertz CT molecular complexity index is 3310. The summed E-state index contributed by atoms with van der Waals surface area (Å²) in [5.41, 5.74) is 10.3. The van der Waals surface area contributed by atoms with E-state index < -0.39 is 13.3 Å². The third-order valence-electron chi connectivity index (χ3n) is 11.9. The van der Waals surface area contributed by atoms with E-state index in [1.54, 1.807) is 0 Å². The third kappa shape index (κ3) is 4.56. The quantitative estimate of drug-likeness (QED) is 0.163. The van der Waals surface area contributed by atoms with Gasteiger partial charge >= 0.3 is 333 Å². The molecule has 0 N–H and O–H groups in total. The zero-order valence-corrected chi connectivity index (χ0v) is 32.9. The molecule has 8 aromatic carbocycles. The van der Waals surface area contributed by atoms with Crippen molar-refractivity contribution in [2.75, 3.05) is 0 Å². The number of hydrogen-bond donors (Lipinski definition) is 0. The monoisotopic (exact) mass is 789 g/mol. The molecule has 12 rings (SSSR count). The average molecular weight is 788 g/mol. The molecule has 0 unspecified atom stereocenters. The summed E-state index contributed by atoms with van der Waals surface area (Å²) in [7, 11) is 0. The van der Waals surface area contributed by atoms with Crippen LogP contribution in [0.25, 0.3) is 83.3 Å². The number of nitrogens with zero attached hydrogens (tertiary/aromatic N) is 3. The molecular formula is C52H33GeN3O. The molecule has 3 aromatic heterocycles. The topological polar surface area (TPSA) is 43.9 Å². The Kier molecular flexibility index (Phi) is 7.07. The first-order valence-electron chi connectivity index (χ1n) is 19.4. The van der Waals surface area contributed by atoms with E-state index in [4.69, 9.17) is 14.4 Å². The number of para-hydroxylation sites is 3. The van der Waals surface area contributed by atoms with Crippen LogP contribution in [-0.4, -0.2) is 27.8 Å². The Morgan fingerprint density at radius 1 is 0.439 bits per heavy atom. The van der Waals surface area contributed by atoms with Crippen LogP contribution < -0.4 is 17.6 Å². The van der Waals surface area contributed by atoms with Gasteiger partial charge < -0.3 is 0 Å². The molecule has 0 atom stereocenters. The second-order valence-corrected chi connectivity index (χ2v) is 22.6. The van der Waals surface area contributed by atoms with E-state index in [-0.39, 0.29) is 0 Å². The van der Waals surface area contributed by atoms with Gasteiger partial charge in [0.1, 0.15) is 0 Å². The number of fused-ring (bicyclic) bond motifs is 10. The van der Waals surface area contributed by atoms with Crippen molar-refractivity contribution in [1.29, 1.82) is 0 Å². The maximum atomic E-state index is 6.70. The zero-order chi connectivity index (χ0) is 37.5. The molecule has 0 spiro atoms. The fourth-order valence-electron chi connectivity index (χ4n) is 9.58. The van der Waals surface area contributed by atoms with E-state index in [0.717, 1.165) is 77.8 Å². The van der Waals surface area contributed by atoms with E-state index in [1.165, 1.54) is 23.1 Å². The Balaban J connectivity index is 1.24. The van der Waals surface area contributed by atoms with Gasteiger partial charge in [-0.25, -0.2) is 0 Å². The summed E-state index contributed by atoms with van der Waals surface area (Å²) < 4.78 is 14.5. The van der Waals surface area contributed by atoms with Crippen molar-refractivity contribution in [3.05, 3.63) is 200 Å². The predicted molar refractivity (Wildman–Crippen MR) is 237 cm³/mol. The van der Waals surface area contributed by atoms with E-state index in [0.29, 0.717) is 0 Å². The van der Waals surface area contributed by atoms with Gasteiger partial charge in [-0.1, -0.05) is 0 Å². The van der Waals surface area contributed by atoms with Crippen molar-refractivity contribution in [2.45, 2.75) is 0 Å². The normalized spacial score (nSPS) is 13.1. The molecule has 0 radical (unpaired) electrons. The van der Waals surface area contributed by atoms with Crippen LogP contribution in [0.2, 0.25) is 0 Å². The molecule has 11 aromatic rings. The van der Waals surface area contributed by atoms with E-state index in [2.05, 4.69) is 199 Å². The summed E-state index contributed by atoms with van der Waals surface area (Å²) in [6.07, 6.45) is 0.